The molecule has 0 atom stereocenters. The Morgan fingerprint density at radius 3 is 2.64 bits per heavy atom. The van der Waals surface area contributed by atoms with Crippen LogP contribution in [0.25, 0.3) is 0 Å². The third-order valence-electron chi connectivity index (χ3n) is 3.61. The first-order valence-electron chi connectivity index (χ1n) is 7.26. The number of nitrogens with zero attached hydrogens (tertiary/aromatic N) is 1. The summed E-state index contributed by atoms with van der Waals surface area (Å²) in [6.45, 7) is 1.21. The smallest absolute Gasteiger partial charge is 0.259 e. The zero-order chi connectivity index (χ0) is 16.0. The normalized spacial score (nSPS) is 15.6. The van der Waals surface area contributed by atoms with Crippen LogP contribution in [0.1, 0.15) is 32.6 Å². The number of nitrogens with one attached hydrogen (secondary N) is 2. The number of benzene rings is 1. The molecule has 0 spiro atoms. The summed E-state index contributed by atoms with van der Waals surface area (Å²) in [7, 11) is 0. The quantitative estimate of drug-likeness (QED) is 0.870. The van der Waals surface area contributed by atoms with Gasteiger partial charge in [-0.05, 0) is 37.8 Å². The van der Waals surface area contributed by atoms with Gasteiger partial charge in [0, 0.05) is 6.92 Å². The van der Waals surface area contributed by atoms with E-state index in [1.807, 2.05) is 0 Å². The molecule has 2 amide bonds. The zero-order valence-corrected chi connectivity index (χ0v) is 12.5. The maximum atomic E-state index is 12.0. The first kappa shape index (κ1) is 15.8. The molecular weight excluding hydrogens is 282 g/mol. The number of hydrogen-bond donors (Lipinski definition) is 2. The topological polar surface area (TPSA) is 91.2 Å². The molecule has 0 unspecified atom stereocenters. The van der Waals surface area contributed by atoms with Gasteiger partial charge in [-0.2, -0.15) is 5.26 Å². The number of rotatable bonds is 5. The van der Waals surface area contributed by atoms with Gasteiger partial charge in [-0.15, -0.1) is 0 Å². The van der Waals surface area contributed by atoms with E-state index < -0.39 is 5.54 Å². The number of para-hydroxylation sites is 2. The lowest BCUT2D eigenvalue weighted by Gasteiger charge is -2.22. The number of hydrogen-bond acceptors (Lipinski definition) is 4. The van der Waals surface area contributed by atoms with E-state index in [1.54, 1.807) is 24.3 Å². The Morgan fingerprint density at radius 1 is 1.32 bits per heavy atom. The lowest BCUT2D eigenvalue weighted by molar-refractivity contribution is -0.124. The Hall–Kier alpha value is -2.55. The summed E-state index contributed by atoms with van der Waals surface area (Å²) in [4.78, 5) is 23.1. The molecule has 0 aliphatic heterocycles. The van der Waals surface area contributed by atoms with Crippen molar-refractivity contribution in [3.8, 4) is 11.8 Å². The van der Waals surface area contributed by atoms with Gasteiger partial charge < -0.3 is 15.4 Å². The highest BCUT2D eigenvalue weighted by atomic mass is 16.5. The van der Waals surface area contributed by atoms with Gasteiger partial charge in [0.05, 0.1) is 11.8 Å². The molecule has 2 rings (SSSR count). The average molecular weight is 301 g/mol. The Kier molecular flexibility index (Phi) is 4.99. The van der Waals surface area contributed by atoms with Gasteiger partial charge in [-0.3, -0.25) is 9.59 Å². The summed E-state index contributed by atoms with van der Waals surface area (Å²) < 4.78 is 5.46. The van der Waals surface area contributed by atoms with E-state index in [0.717, 1.165) is 12.8 Å². The molecule has 1 fully saturated rings. The Morgan fingerprint density at radius 2 is 2.00 bits per heavy atom. The lowest BCUT2D eigenvalue weighted by atomic mass is 10.00. The third kappa shape index (κ3) is 3.98. The monoisotopic (exact) mass is 301 g/mol. The third-order valence-corrected chi connectivity index (χ3v) is 3.61. The van der Waals surface area contributed by atoms with E-state index in [9.17, 15) is 14.9 Å². The van der Waals surface area contributed by atoms with Crippen LogP contribution in [0.15, 0.2) is 24.3 Å². The number of nitriles is 1. The standard InChI is InChI=1S/C16H19N3O3/c1-12(20)18-13-6-2-3-7-14(13)22-10-15(21)19-16(11-17)8-4-5-9-16/h2-3,6-7H,4-5,8-10H2,1H3,(H,18,20)(H,19,21). The van der Waals surface area contributed by atoms with E-state index in [4.69, 9.17) is 4.74 Å². The number of carbonyl (C=O) groups excluding carboxylic acids is 2. The highest BCUT2D eigenvalue weighted by Gasteiger charge is 2.35. The van der Waals surface area contributed by atoms with Crippen LogP contribution in [0.3, 0.4) is 0 Å². The van der Waals surface area contributed by atoms with Gasteiger partial charge in [0.25, 0.3) is 5.91 Å². The summed E-state index contributed by atoms with van der Waals surface area (Å²) in [5.41, 5.74) is -0.240. The van der Waals surface area contributed by atoms with Crippen LogP contribution in [0, 0.1) is 11.3 Å². The second kappa shape index (κ2) is 6.94. The molecule has 1 aromatic rings. The summed E-state index contributed by atoms with van der Waals surface area (Å²) in [5, 5.41) is 14.6. The fourth-order valence-electron chi connectivity index (χ4n) is 2.57. The van der Waals surface area contributed by atoms with Crippen LogP contribution >= 0.6 is 0 Å². The minimum Gasteiger partial charge on any atom is -0.482 e. The molecule has 0 heterocycles. The van der Waals surface area contributed by atoms with E-state index in [0.29, 0.717) is 24.3 Å². The largest absolute Gasteiger partial charge is 0.482 e. The summed E-state index contributed by atoms with van der Waals surface area (Å²) in [6.07, 6.45) is 3.25. The molecule has 2 N–H and O–H groups in total. The van der Waals surface area contributed by atoms with Gasteiger partial charge >= 0.3 is 0 Å². The Bertz CT molecular complexity index is 601. The van der Waals surface area contributed by atoms with E-state index >= 15 is 0 Å². The summed E-state index contributed by atoms with van der Waals surface area (Å²) in [6, 6.07) is 9.09. The first-order valence-corrected chi connectivity index (χ1v) is 7.26. The highest BCUT2D eigenvalue weighted by Crippen LogP contribution is 2.29. The number of carbonyl (C=O) groups is 2. The molecule has 1 saturated carbocycles. The van der Waals surface area contributed by atoms with Crippen molar-refractivity contribution in [2.75, 3.05) is 11.9 Å². The molecule has 0 radical (unpaired) electrons. The van der Waals surface area contributed by atoms with Crippen molar-refractivity contribution in [1.29, 1.82) is 5.26 Å². The van der Waals surface area contributed by atoms with Gasteiger partial charge in [-0.25, -0.2) is 0 Å². The van der Waals surface area contributed by atoms with Gasteiger partial charge in [0.2, 0.25) is 5.91 Å². The van der Waals surface area contributed by atoms with E-state index in [2.05, 4.69) is 16.7 Å². The second-order valence-corrected chi connectivity index (χ2v) is 5.42. The average Bonchev–Trinajstić information content (AvgIpc) is 2.95. The van der Waals surface area contributed by atoms with Crippen LogP contribution in [0.2, 0.25) is 0 Å². The first-order chi connectivity index (χ1) is 10.5. The number of anilines is 1. The Labute approximate surface area is 129 Å². The molecule has 1 aliphatic carbocycles. The SMILES string of the molecule is CC(=O)Nc1ccccc1OCC(=O)NC1(C#N)CCCC1. The van der Waals surface area contributed by atoms with Crippen LogP contribution < -0.4 is 15.4 Å². The lowest BCUT2D eigenvalue weighted by Crippen LogP contribution is -2.47. The van der Waals surface area contributed by atoms with Crippen molar-refractivity contribution in [3.05, 3.63) is 24.3 Å². The fraction of sp³-hybridized carbons (Fsp3) is 0.438. The van der Waals surface area contributed by atoms with Crippen molar-refractivity contribution in [3.63, 3.8) is 0 Å². The van der Waals surface area contributed by atoms with Crippen LogP contribution in [0.4, 0.5) is 5.69 Å². The molecule has 6 heteroatoms. The van der Waals surface area contributed by atoms with Gasteiger partial charge in [-0.1, -0.05) is 12.1 Å². The zero-order valence-electron chi connectivity index (χ0n) is 12.5. The maximum absolute atomic E-state index is 12.0. The predicted octanol–water partition coefficient (Wildman–Crippen LogP) is 1.98. The molecule has 22 heavy (non-hydrogen) atoms. The van der Waals surface area contributed by atoms with Crippen LogP contribution in [0.5, 0.6) is 5.75 Å². The van der Waals surface area contributed by atoms with Crippen molar-refractivity contribution >= 4 is 17.5 Å². The molecular formula is C16H19N3O3. The minimum atomic E-state index is -0.752. The summed E-state index contributed by atoms with van der Waals surface area (Å²) >= 11 is 0. The van der Waals surface area contributed by atoms with Crippen molar-refractivity contribution in [2.24, 2.45) is 0 Å². The molecule has 6 nitrogen and oxygen atoms in total. The van der Waals surface area contributed by atoms with Gasteiger partial charge in [0.15, 0.2) is 6.61 Å². The number of ether oxygens (including phenoxy) is 1. The molecule has 0 bridgehead atoms. The molecule has 1 aromatic carbocycles. The second-order valence-electron chi connectivity index (χ2n) is 5.42. The van der Waals surface area contributed by atoms with Crippen molar-refractivity contribution in [2.45, 2.75) is 38.1 Å². The molecule has 0 aromatic heterocycles. The van der Waals surface area contributed by atoms with Crippen molar-refractivity contribution < 1.29 is 14.3 Å². The van der Waals surface area contributed by atoms with Gasteiger partial charge in [0.1, 0.15) is 11.3 Å². The van der Waals surface area contributed by atoms with Crippen LogP contribution in [-0.4, -0.2) is 24.0 Å². The van der Waals surface area contributed by atoms with Crippen molar-refractivity contribution in [1.82, 2.24) is 5.32 Å². The predicted molar refractivity (Wildman–Crippen MR) is 81.2 cm³/mol. The maximum Gasteiger partial charge on any atom is 0.259 e. The fourth-order valence-corrected chi connectivity index (χ4v) is 2.57. The molecule has 0 saturated heterocycles. The minimum absolute atomic E-state index is 0.194. The number of amides is 2. The van der Waals surface area contributed by atoms with Crippen LogP contribution in [-0.2, 0) is 9.59 Å². The molecule has 1 aliphatic rings. The Balaban J connectivity index is 1.94. The summed E-state index contributed by atoms with van der Waals surface area (Å²) in [5.74, 6) is -0.124. The van der Waals surface area contributed by atoms with E-state index in [-0.39, 0.29) is 18.4 Å². The molecule has 116 valence electrons. The van der Waals surface area contributed by atoms with E-state index in [1.165, 1.54) is 6.92 Å². The highest BCUT2D eigenvalue weighted by molar-refractivity contribution is 5.90.